The minimum atomic E-state index is -5.08. The van der Waals surface area contributed by atoms with Crippen LogP contribution in [0.4, 0.5) is 62.8 Å². The van der Waals surface area contributed by atoms with Crippen molar-refractivity contribution in [2.45, 2.75) is 50.3 Å². The van der Waals surface area contributed by atoms with Gasteiger partial charge in [-0.15, -0.1) is 0 Å². The van der Waals surface area contributed by atoms with Gasteiger partial charge in [0.05, 0.1) is 22.9 Å². The van der Waals surface area contributed by atoms with E-state index < -0.39 is 41.7 Å². The average molecular weight is 667 g/mol. The van der Waals surface area contributed by atoms with Crippen LogP contribution in [-0.2, 0) is 30.0 Å². The third-order valence-corrected chi connectivity index (χ3v) is 7.12. The predicted octanol–water partition coefficient (Wildman–Crippen LogP) is 5.85. The number of β-amino-alcohol motifs (C(OH)–C–C–N with tert-alkyl or cyclic N) is 1. The van der Waals surface area contributed by atoms with Crippen LogP contribution in [0.15, 0.2) is 42.6 Å². The van der Waals surface area contributed by atoms with Gasteiger partial charge in [0.2, 0.25) is 5.95 Å². The molecule has 0 unspecified atom stereocenters. The number of fused-ring (bicyclic) bond motifs is 1. The Bertz CT molecular complexity index is 1510. The molecule has 1 atom stereocenters. The van der Waals surface area contributed by atoms with Crippen molar-refractivity contribution in [1.29, 1.82) is 0 Å². The van der Waals surface area contributed by atoms with Crippen molar-refractivity contribution in [2.75, 3.05) is 41.3 Å². The Kier molecular flexibility index (Phi) is 10.2. The molecule has 1 aromatic carbocycles. The van der Waals surface area contributed by atoms with Crippen LogP contribution in [-0.4, -0.2) is 69.6 Å². The summed E-state index contributed by atoms with van der Waals surface area (Å²) in [5, 5.41) is 20.4. The number of piperidine rings is 1. The van der Waals surface area contributed by atoms with Gasteiger partial charge in [0.25, 0.3) is 0 Å². The average Bonchev–Trinajstić information content (AvgIpc) is 3.19. The minimum Gasteiger partial charge on any atom is -0.475 e. The highest BCUT2D eigenvalue weighted by Crippen LogP contribution is 2.37. The molecule has 0 saturated carbocycles. The molecule has 2 aromatic heterocycles. The number of carboxylic acid groups (broad SMARTS) is 1. The molecule has 3 aromatic rings. The van der Waals surface area contributed by atoms with Gasteiger partial charge in [-0.25, -0.2) is 14.8 Å². The first kappa shape index (κ1) is 34.5. The first-order chi connectivity index (χ1) is 21.4. The van der Waals surface area contributed by atoms with Gasteiger partial charge in [0, 0.05) is 50.0 Å². The van der Waals surface area contributed by atoms with Gasteiger partial charge in [-0.05, 0) is 55.7 Å². The molecule has 1 saturated heterocycles. The van der Waals surface area contributed by atoms with Gasteiger partial charge in [-0.3, -0.25) is 0 Å². The van der Waals surface area contributed by atoms with Crippen molar-refractivity contribution in [1.82, 2.24) is 15.0 Å². The standard InChI is InChI=1S/C26H26F6N6O.C2HF3O2/c27-25(28,29)16-5-7-17(8-6-16)34-22-19-9-13-37(23-20(26(30,31)32)4-1-11-33-23)14-10-21(19)35-24(36-22)38-12-2-3-18(39)15-38;3-2(4,5)1(6)7/h1,4-8,11,18,39H,2-3,9-10,12-15H2,(H,34,35,36);(H,6,7)/t18-;/m1./s1. The zero-order valence-electron chi connectivity index (χ0n) is 23.7. The van der Waals surface area contributed by atoms with Gasteiger partial charge < -0.3 is 25.3 Å². The van der Waals surface area contributed by atoms with E-state index >= 15 is 0 Å². The van der Waals surface area contributed by atoms with Crippen LogP contribution >= 0.6 is 0 Å². The quantitative estimate of drug-likeness (QED) is 0.295. The molecule has 3 N–H and O–H groups in total. The smallest absolute Gasteiger partial charge is 0.475 e. The summed E-state index contributed by atoms with van der Waals surface area (Å²) in [7, 11) is 0. The number of rotatable bonds is 4. The van der Waals surface area contributed by atoms with E-state index in [2.05, 4.69) is 15.3 Å². The monoisotopic (exact) mass is 666 g/mol. The molecule has 0 spiro atoms. The van der Waals surface area contributed by atoms with E-state index in [0.29, 0.717) is 54.6 Å². The number of benzene rings is 1. The molecular weight excluding hydrogens is 639 g/mol. The third-order valence-electron chi connectivity index (χ3n) is 7.12. The summed E-state index contributed by atoms with van der Waals surface area (Å²) in [6.07, 6.45) is -11.4. The van der Waals surface area contributed by atoms with Crippen LogP contribution in [0.5, 0.6) is 0 Å². The molecule has 0 bridgehead atoms. The Morgan fingerprint density at radius 3 is 2.11 bits per heavy atom. The maximum absolute atomic E-state index is 13.7. The fourth-order valence-corrected chi connectivity index (χ4v) is 4.93. The Hall–Kier alpha value is -4.35. The molecule has 250 valence electrons. The van der Waals surface area contributed by atoms with Crippen molar-refractivity contribution in [2.24, 2.45) is 0 Å². The minimum absolute atomic E-state index is 0.164. The number of carbonyl (C=O) groups is 1. The number of alkyl halides is 9. The molecule has 4 heterocycles. The molecule has 18 heteroatoms. The molecule has 1 fully saturated rings. The number of nitrogens with zero attached hydrogens (tertiary/aromatic N) is 5. The van der Waals surface area contributed by atoms with Crippen LogP contribution in [0.25, 0.3) is 0 Å². The predicted molar refractivity (Wildman–Crippen MR) is 147 cm³/mol. The first-order valence-corrected chi connectivity index (χ1v) is 13.8. The number of aliphatic hydroxyl groups is 1. The number of aromatic nitrogens is 3. The van der Waals surface area contributed by atoms with Gasteiger partial charge in [0.1, 0.15) is 11.6 Å². The maximum atomic E-state index is 13.7. The molecule has 2 aliphatic rings. The Labute approximate surface area is 255 Å². The van der Waals surface area contributed by atoms with E-state index in [0.717, 1.165) is 24.6 Å². The molecule has 0 radical (unpaired) electrons. The molecule has 5 rings (SSSR count). The zero-order chi connectivity index (χ0) is 33.9. The van der Waals surface area contributed by atoms with Crippen molar-refractivity contribution >= 4 is 29.2 Å². The third kappa shape index (κ3) is 8.67. The summed E-state index contributed by atoms with van der Waals surface area (Å²) in [6, 6.07) is 6.77. The normalized spacial score (nSPS) is 17.4. The van der Waals surface area contributed by atoms with Crippen molar-refractivity contribution < 1.29 is 54.5 Å². The summed E-state index contributed by atoms with van der Waals surface area (Å²) in [5.41, 5.74) is 0.0561. The number of carboxylic acids is 1. The summed E-state index contributed by atoms with van der Waals surface area (Å²) in [5.74, 6) is -2.20. The second-order valence-electron chi connectivity index (χ2n) is 10.4. The highest BCUT2D eigenvalue weighted by atomic mass is 19.4. The lowest BCUT2D eigenvalue weighted by atomic mass is 10.1. The SMILES string of the molecule is O=C(O)C(F)(F)F.O[C@@H]1CCCN(c2nc3c(c(Nc4ccc(C(F)(F)F)cc4)n2)CCN(c2ncccc2C(F)(F)F)CC3)C1. The number of anilines is 4. The molecule has 46 heavy (non-hydrogen) atoms. The number of aliphatic hydroxyl groups excluding tert-OH is 1. The molecule has 2 aliphatic heterocycles. The van der Waals surface area contributed by atoms with E-state index in [4.69, 9.17) is 14.9 Å². The number of hydrogen-bond donors (Lipinski definition) is 3. The summed E-state index contributed by atoms with van der Waals surface area (Å²) >= 11 is 0. The van der Waals surface area contributed by atoms with E-state index in [9.17, 15) is 44.6 Å². The van der Waals surface area contributed by atoms with Crippen molar-refractivity contribution in [3.8, 4) is 0 Å². The lowest BCUT2D eigenvalue weighted by molar-refractivity contribution is -0.192. The topological polar surface area (TPSA) is 115 Å². The second kappa shape index (κ2) is 13.6. The van der Waals surface area contributed by atoms with Crippen LogP contribution in [0.3, 0.4) is 0 Å². The van der Waals surface area contributed by atoms with Crippen molar-refractivity contribution in [3.05, 3.63) is 65.0 Å². The number of halogens is 9. The maximum Gasteiger partial charge on any atom is 0.490 e. The summed E-state index contributed by atoms with van der Waals surface area (Å²) < 4.78 is 112. The second-order valence-corrected chi connectivity index (χ2v) is 10.4. The lowest BCUT2D eigenvalue weighted by Crippen LogP contribution is -2.39. The Morgan fingerprint density at radius 2 is 1.52 bits per heavy atom. The van der Waals surface area contributed by atoms with Crippen LogP contribution in [0, 0.1) is 0 Å². The van der Waals surface area contributed by atoms with E-state index in [1.54, 1.807) is 4.90 Å². The van der Waals surface area contributed by atoms with Crippen LogP contribution < -0.4 is 15.1 Å². The van der Waals surface area contributed by atoms with E-state index in [-0.39, 0.29) is 25.3 Å². The fraction of sp³-hybridized carbons (Fsp3) is 0.429. The van der Waals surface area contributed by atoms with E-state index in [1.807, 2.05) is 4.90 Å². The van der Waals surface area contributed by atoms with Gasteiger partial charge >= 0.3 is 24.5 Å². The fourth-order valence-electron chi connectivity index (χ4n) is 4.93. The summed E-state index contributed by atoms with van der Waals surface area (Å²) in [6.45, 7) is 1.38. The number of pyridine rings is 1. The molecule has 0 amide bonds. The lowest BCUT2D eigenvalue weighted by Gasteiger charge is -2.31. The van der Waals surface area contributed by atoms with Crippen molar-refractivity contribution in [3.63, 3.8) is 0 Å². The first-order valence-electron chi connectivity index (χ1n) is 13.8. The number of nitrogens with one attached hydrogen (secondary N) is 1. The number of aliphatic carboxylic acids is 1. The van der Waals surface area contributed by atoms with Gasteiger partial charge in [-0.2, -0.15) is 44.5 Å². The Balaban J connectivity index is 0.000000617. The largest absolute Gasteiger partial charge is 0.490 e. The molecule has 0 aliphatic carbocycles. The van der Waals surface area contributed by atoms with Crippen LogP contribution in [0.2, 0.25) is 0 Å². The van der Waals surface area contributed by atoms with Gasteiger partial charge in [-0.1, -0.05) is 0 Å². The Morgan fingerprint density at radius 1 is 0.870 bits per heavy atom. The number of hydrogen-bond acceptors (Lipinski definition) is 8. The summed E-state index contributed by atoms with van der Waals surface area (Å²) in [4.78, 5) is 25.7. The molecule has 9 nitrogen and oxygen atoms in total. The molecular formula is C28H27F9N6O3. The van der Waals surface area contributed by atoms with Gasteiger partial charge in [0.15, 0.2) is 0 Å². The highest BCUT2D eigenvalue weighted by molar-refractivity contribution is 5.73. The zero-order valence-corrected chi connectivity index (χ0v) is 23.7. The van der Waals surface area contributed by atoms with E-state index in [1.165, 1.54) is 24.4 Å². The highest BCUT2D eigenvalue weighted by Gasteiger charge is 2.38. The van der Waals surface area contributed by atoms with Crippen LogP contribution in [0.1, 0.15) is 35.2 Å².